The third kappa shape index (κ3) is 3.61. The van der Waals surface area contributed by atoms with E-state index in [9.17, 15) is 4.79 Å². The molecule has 1 aromatic rings. The average molecular weight is 318 g/mol. The van der Waals surface area contributed by atoms with Gasteiger partial charge in [0, 0.05) is 30.1 Å². The number of nitrogens with two attached hydrogens (primary N) is 1. The van der Waals surface area contributed by atoms with Gasteiger partial charge in [0.05, 0.1) is 14.2 Å². The van der Waals surface area contributed by atoms with Crippen LogP contribution in [0.15, 0.2) is 18.2 Å². The van der Waals surface area contributed by atoms with Crippen LogP contribution in [-0.2, 0) is 11.3 Å². The molecule has 0 radical (unpaired) electrons. The summed E-state index contributed by atoms with van der Waals surface area (Å²) in [6.45, 7) is 0.579. The molecule has 0 bridgehead atoms. The first kappa shape index (κ1) is 16.1. The summed E-state index contributed by atoms with van der Waals surface area (Å²) in [7, 11) is 3.31. The lowest BCUT2D eigenvalue weighted by molar-refractivity contribution is -0.136. The monoisotopic (exact) mass is 318 g/mol. The summed E-state index contributed by atoms with van der Waals surface area (Å²) in [5.74, 6) is 1.92. The zero-order valence-corrected chi connectivity index (χ0v) is 14.0. The Balaban J connectivity index is 1.78. The van der Waals surface area contributed by atoms with Crippen molar-refractivity contribution in [1.29, 1.82) is 0 Å². The van der Waals surface area contributed by atoms with Crippen LogP contribution in [0.5, 0.6) is 11.5 Å². The minimum Gasteiger partial charge on any atom is -0.497 e. The number of hydrogen-bond donors (Lipinski definition) is 1. The second-order valence-electron chi connectivity index (χ2n) is 6.65. The molecule has 1 amide bonds. The van der Waals surface area contributed by atoms with Crippen molar-refractivity contribution in [1.82, 2.24) is 4.90 Å². The first-order valence-corrected chi connectivity index (χ1v) is 8.39. The van der Waals surface area contributed by atoms with E-state index < -0.39 is 0 Å². The zero-order chi connectivity index (χ0) is 16.4. The molecule has 2 aliphatic carbocycles. The van der Waals surface area contributed by atoms with Gasteiger partial charge in [-0.05, 0) is 50.3 Å². The van der Waals surface area contributed by atoms with Crippen LogP contribution >= 0.6 is 0 Å². The maximum atomic E-state index is 12.9. The van der Waals surface area contributed by atoms with E-state index >= 15 is 0 Å². The van der Waals surface area contributed by atoms with Gasteiger partial charge in [0.15, 0.2) is 0 Å². The van der Waals surface area contributed by atoms with Crippen molar-refractivity contribution in [3.05, 3.63) is 23.8 Å². The molecular formula is C18H26N2O3. The molecule has 0 aliphatic heterocycles. The minimum absolute atomic E-state index is 0.0854. The SMILES string of the molecule is COc1ccc(OC)c(CN(C(=O)C2CCC(N)C2)C2CC2)c1. The fourth-order valence-electron chi connectivity index (χ4n) is 3.44. The number of carbonyl (C=O) groups excluding carboxylic acids is 1. The lowest BCUT2D eigenvalue weighted by Crippen LogP contribution is -2.37. The van der Waals surface area contributed by atoms with Crippen LogP contribution in [-0.4, -0.2) is 37.1 Å². The molecule has 0 aromatic heterocycles. The third-order valence-corrected chi connectivity index (χ3v) is 4.92. The van der Waals surface area contributed by atoms with Crippen LogP contribution in [0.3, 0.4) is 0 Å². The number of ether oxygens (including phenoxy) is 2. The van der Waals surface area contributed by atoms with Gasteiger partial charge in [-0.15, -0.1) is 0 Å². The Morgan fingerprint density at radius 3 is 2.57 bits per heavy atom. The predicted molar refractivity (Wildman–Crippen MR) is 88.4 cm³/mol. The van der Waals surface area contributed by atoms with E-state index in [2.05, 4.69) is 0 Å². The number of hydrogen-bond acceptors (Lipinski definition) is 4. The standard InChI is InChI=1S/C18H26N2O3/c1-22-16-7-8-17(23-2)13(10-16)11-20(15-5-6-15)18(21)12-3-4-14(19)9-12/h7-8,10,12,14-15H,3-6,9,11,19H2,1-2H3. The molecule has 23 heavy (non-hydrogen) atoms. The summed E-state index contributed by atoms with van der Waals surface area (Å²) in [4.78, 5) is 15.0. The summed E-state index contributed by atoms with van der Waals surface area (Å²) in [6.07, 6.45) is 4.88. The second kappa shape index (κ2) is 6.79. The Bertz CT molecular complexity index is 571. The van der Waals surface area contributed by atoms with E-state index in [1.807, 2.05) is 23.1 Å². The Morgan fingerprint density at radius 1 is 1.22 bits per heavy atom. The first-order chi connectivity index (χ1) is 11.1. The van der Waals surface area contributed by atoms with E-state index in [0.29, 0.717) is 12.6 Å². The summed E-state index contributed by atoms with van der Waals surface area (Å²) < 4.78 is 10.8. The number of rotatable bonds is 6. The lowest BCUT2D eigenvalue weighted by atomic mass is 10.0. The van der Waals surface area contributed by atoms with Crippen molar-refractivity contribution in [3.63, 3.8) is 0 Å². The van der Waals surface area contributed by atoms with Crippen molar-refractivity contribution < 1.29 is 14.3 Å². The summed E-state index contributed by atoms with van der Waals surface area (Å²) in [6, 6.07) is 6.28. The number of methoxy groups -OCH3 is 2. The highest BCUT2D eigenvalue weighted by Gasteiger charge is 2.38. The number of nitrogens with zero attached hydrogens (tertiary/aromatic N) is 1. The van der Waals surface area contributed by atoms with Gasteiger partial charge in [-0.3, -0.25) is 4.79 Å². The molecule has 0 spiro atoms. The molecule has 2 N–H and O–H groups in total. The molecule has 1 aromatic carbocycles. The van der Waals surface area contributed by atoms with Gasteiger partial charge in [0.1, 0.15) is 11.5 Å². The van der Waals surface area contributed by atoms with Crippen molar-refractivity contribution in [2.24, 2.45) is 11.7 Å². The molecule has 2 atom stereocenters. The molecule has 126 valence electrons. The highest BCUT2D eigenvalue weighted by atomic mass is 16.5. The van der Waals surface area contributed by atoms with E-state index in [-0.39, 0.29) is 17.9 Å². The Hall–Kier alpha value is -1.75. The van der Waals surface area contributed by atoms with Crippen LogP contribution in [0, 0.1) is 5.92 Å². The van der Waals surface area contributed by atoms with Gasteiger partial charge in [0.25, 0.3) is 0 Å². The van der Waals surface area contributed by atoms with Crippen molar-refractivity contribution in [2.45, 2.75) is 50.7 Å². The number of amides is 1. The van der Waals surface area contributed by atoms with Crippen LogP contribution in [0.4, 0.5) is 0 Å². The van der Waals surface area contributed by atoms with Crippen LogP contribution in [0.1, 0.15) is 37.7 Å². The molecule has 5 nitrogen and oxygen atoms in total. The molecule has 2 unspecified atom stereocenters. The van der Waals surface area contributed by atoms with Gasteiger partial charge >= 0.3 is 0 Å². The normalized spacial score (nSPS) is 23.6. The van der Waals surface area contributed by atoms with Crippen molar-refractivity contribution >= 4 is 5.91 Å². The van der Waals surface area contributed by atoms with Crippen LogP contribution in [0.25, 0.3) is 0 Å². The Labute approximate surface area is 137 Å². The first-order valence-electron chi connectivity index (χ1n) is 8.39. The minimum atomic E-state index is 0.0854. The summed E-state index contributed by atoms with van der Waals surface area (Å²) >= 11 is 0. The molecule has 0 heterocycles. The quantitative estimate of drug-likeness (QED) is 0.874. The largest absolute Gasteiger partial charge is 0.497 e. The molecular weight excluding hydrogens is 292 g/mol. The number of benzene rings is 1. The van der Waals surface area contributed by atoms with Gasteiger partial charge in [-0.25, -0.2) is 0 Å². The predicted octanol–water partition coefficient (Wildman–Crippen LogP) is 2.32. The van der Waals surface area contributed by atoms with E-state index in [4.69, 9.17) is 15.2 Å². The van der Waals surface area contributed by atoms with Crippen molar-refractivity contribution in [2.75, 3.05) is 14.2 Å². The molecule has 2 fully saturated rings. The molecule has 2 saturated carbocycles. The van der Waals surface area contributed by atoms with Gasteiger partial charge in [-0.1, -0.05) is 0 Å². The smallest absolute Gasteiger partial charge is 0.226 e. The molecule has 3 rings (SSSR count). The van der Waals surface area contributed by atoms with E-state index in [1.54, 1.807) is 14.2 Å². The van der Waals surface area contributed by atoms with Crippen molar-refractivity contribution in [3.8, 4) is 11.5 Å². The van der Waals surface area contributed by atoms with E-state index in [0.717, 1.165) is 49.2 Å². The fraction of sp³-hybridized carbons (Fsp3) is 0.611. The van der Waals surface area contributed by atoms with Gasteiger partial charge in [-0.2, -0.15) is 0 Å². The maximum Gasteiger partial charge on any atom is 0.226 e. The highest BCUT2D eigenvalue weighted by Crippen LogP contribution is 2.35. The molecule has 0 saturated heterocycles. The molecule has 2 aliphatic rings. The Kier molecular flexibility index (Phi) is 4.76. The Morgan fingerprint density at radius 2 is 2.00 bits per heavy atom. The lowest BCUT2D eigenvalue weighted by Gasteiger charge is -2.26. The zero-order valence-electron chi connectivity index (χ0n) is 14.0. The molecule has 5 heteroatoms. The number of carbonyl (C=O) groups is 1. The summed E-state index contributed by atoms with van der Waals surface area (Å²) in [5, 5.41) is 0. The average Bonchev–Trinajstić information content (AvgIpc) is 3.32. The fourth-order valence-corrected chi connectivity index (χ4v) is 3.44. The maximum absolute atomic E-state index is 12.9. The summed E-state index contributed by atoms with van der Waals surface area (Å²) in [5.41, 5.74) is 6.98. The van der Waals surface area contributed by atoms with Gasteiger partial charge in [0.2, 0.25) is 5.91 Å². The van der Waals surface area contributed by atoms with Crippen LogP contribution in [0.2, 0.25) is 0 Å². The van der Waals surface area contributed by atoms with E-state index in [1.165, 1.54) is 0 Å². The van der Waals surface area contributed by atoms with Gasteiger partial charge < -0.3 is 20.1 Å². The van der Waals surface area contributed by atoms with Crippen LogP contribution < -0.4 is 15.2 Å². The third-order valence-electron chi connectivity index (χ3n) is 4.92. The topological polar surface area (TPSA) is 64.8 Å². The highest BCUT2D eigenvalue weighted by molar-refractivity contribution is 5.80. The second-order valence-corrected chi connectivity index (χ2v) is 6.65.